The van der Waals surface area contributed by atoms with Gasteiger partial charge < -0.3 is 9.73 Å². The number of aryl methyl sites for hydroxylation is 1. The highest BCUT2D eigenvalue weighted by molar-refractivity contribution is 7.15. The van der Waals surface area contributed by atoms with Crippen LogP contribution in [0.25, 0.3) is 11.5 Å². The Labute approximate surface area is 162 Å². The number of hydrogen-bond donors (Lipinski definition) is 2. The molecule has 2 amide bonds. The van der Waals surface area contributed by atoms with Crippen molar-refractivity contribution >= 4 is 22.5 Å². The molecule has 7 nitrogen and oxygen atoms in total. The topological polar surface area (TPSA) is 92.9 Å². The first-order valence-corrected chi connectivity index (χ1v) is 9.53. The van der Waals surface area contributed by atoms with Crippen molar-refractivity contribution in [3.8, 4) is 11.5 Å². The molecule has 0 spiro atoms. The van der Waals surface area contributed by atoms with E-state index in [1.165, 1.54) is 16.9 Å². The number of oxazole rings is 1. The first kappa shape index (κ1) is 19.0. The molecule has 0 saturated carbocycles. The molecule has 0 bridgehead atoms. The molecule has 0 radical (unpaired) electrons. The number of nitrogens with one attached hydrogen (secondary N) is 2. The third kappa shape index (κ3) is 5.13. The van der Waals surface area contributed by atoms with Gasteiger partial charge in [0.2, 0.25) is 11.0 Å². The fraction of sp³-hybridized carbons (Fsp3) is 0.368. The molecule has 0 unspecified atom stereocenters. The maximum atomic E-state index is 12.0. The van der Waals surface area contributed by atoms with Crippen LogP contribution in [0.3, 0.4) is 0 Å². The Bertz CT molecular complexity index is 909. The quantitative estimate of drug-likeness (QED) is 0.688. The zero-order chi connectivity index (χ0) is 19.4. The number of carbonyl (C=O) groups excluding carboxylic acids is 1. The SMILES string of the molecule is Cc1ccc(-c2nc(CCNC(=O)Nc3nnc(C(C)(C)C)s3)co2)cc1. The van der Waals surface area contributed by atoms with Gasteiger partial charge in [0, 0.05) is 23.9 Å². The van der Waals surface area contributed by atoms with E-state index >= 15 is 0 Å². The van der Waals surface area contributed by atoms with Crippen LogP contribution in [0, 0.1) is 6.92 Å². The largest absolute Gasteiger partial charge is 0.444 e. The lowest BCUT2D eigenvalue weighted by atomic mass is 9.98. The van der Waals surface area contributed by atoms with Crippen LogP contribution in [-0.2, 0) is 11.8 Å². The number of benzene rings is 1. The zero-order valence-corrected chi connectivity index (χ0v) is 16.7. The lowest BCUT2D eigenvalue weighted by molar-refractivity contribution is 0.252. The summed E-state index contributed by atoms with van der Waals surface area (Å²) in [5, 5.41) is 15.0. The molecule has 3 aromatic rings. The lowest BCUT2D eigenvalue weighted by Gasteiger charge is -2.12. The minimum Gasteiger partial charge on any atom is -0.444 e. The molecular weight excluding hydrogens is 362 g/mol. The summed E-state index contributed by atoms with van der Waals surface area (Å²) in [7, 11) is 0. The maximum Gasteiger partial charge on any atom is 0.321 e. The number of hydrogen-bond acceptors (Lipinski definition) is 6. The number of carbonyl (C=O) groups is 1. The Balaban J connectivity index is 1.48. The maximum absolute atomic E-state index is 12.0. The Hall–Kier alpha value is -2.74. The predicted octanol–water partition coefficient (Wildman–Crippen LogP) is 4.16. The molecule has 0 aliphatic rings. The van der Waals surface area contributed by atoms with E-state index in [4.69, 9.17) is 4.42 Å². The highest BCUT2D eigenvalue weighted by Crippen LogP contribution is 2.27. The number of amides is 2. The molecule has 2 heterocycles. The minimum atomic E-state index is -0.311. The molecule has 27 heavy (non-hydrogen) atoms. The van der Waals surface area contributed by atoms with Gasteiger partial charge in [-0.2, -0.15) is 0 Å². The van der Waals surface area contributed by atoms with E-state index in [9.17, 15) is 4.79 Å². The summed E-state index contributed by atoms with van der Waals surface area (Å²) in [6, 6.07) is 7.68. The average Bonchev–Trinajstić information content (AvgIpc) is 3.25. The van der Waals surface area contributed by atoms with E-state index in [1.54, 1.807) is 6.26 Å². The molecule has 2 N–H and O–H groups in total. The summed E-state index contributed by atoms with van der Waals surface area (Å²) in [6.07, 6.45) is 2.20. The van der Waals surface area contributed by atoms with Gasteiger partial charge in [-0.05, 0) is 19.1 Å². The molecule has 1 aromatic carbocycles. The van der Waals surface area contributed by atoms with Crippen molar-refractivity contribution in [1.29, 1.82) is 0 Å². The molecule has 0 aliphatic heterocycles. The average molecular weight is 385 g/mol. The van der Waals surface area contributed by atoms with E-state index in [0.717, 1.165) is 16.3 Å². The first-order chi connectivity index (χ1) is 12.8. The molecule has 0 saturated heterocycles. The molecule has 8 heteroatoms. The monoisotopic (exact) mass is 385 g/mol. The normalized spacial score (nSPS) is 11.4. The second-order valence-corrected chi connectivity index (χ2v) is 8.28. The summed E-state index contributed by atoms with van der Waals surface area (Å²) in [6.45, 7) is 8.64. The van der Waals surface area contributed by atoms with Crippen LogP contribution in [0.5, 0.6) is 0 Å². The van der Waals surface area contributed by atoms with Gasteiger partial charge in [-0.15, -0.1) is 10.2 Å². The van der Waals surface area contributed by atoms with Crippen molar-refractivity contribution < 1.29 is 9.21 Å². The fourth-order valence-electron chi connectivity index (χ4n) is 2.27. The third-order valence-corrected chi connectivity index (χ3v) is 5.07. The van der Waals surface area contributed by atoms with Gasteiger partial charge >= 0.3 is 6.03 Å². The smallest absolute Gasteiger partial charge is 0.321 e. The fourth-order valence-corrected chi connectivity index (χ4v) is 3.07. The summed E-state index contributed by atoms with van der Waals surface area (Å²) in [4.78, 5) is 16.5. The van der Waals surface area contributed by atoms with E-state index in [-0.39, 0.29) is 11.4 Å². The van der Waals surface area contributed by atoms with Gasteiger partial charge in [0.1, 0.15) is 11.3 Å². The van der Waals surface area contributed by atoms with Crippen molar-refractivity contribution in [2.45, 2.75) is 39.5 Å². The second kappa shape index (κ2) is 7.87. The summed E-state index contributed by atoms with van der Waals surface area (Å²) in [5.41, 5.74) is 2.82. The van der Waals surface area contributed by atoms with Gasteiger partial charge in [0.05, 0.1) is 5.69 Å². The number of urea groups is 1. The van der Waals surface area contributed by atoms with E-state index in [2.05, 4.69) is 46.6 Å². The Morgan fingerprint density at radius 2 is 1.93 bits per heavy atom. The molecule has 142 valence electrons. The number of rotatable bonds is 5. The molecule has 3 rings (SSSR count). The van der Waals surface area contributed by atoms with Gasteiger partial charge in [0.25, 0.3) is 0 Å². The number of nitrogens with zero attached hydrogens (tertiary/aromatic N) is 3. The Morgan fingerprint density at radius 3 is 2.59 bits per heavy atom. The highest BCUT2D eigenvalue weighted by atomic mass is 32.1. The van der Waals surface area contributed by atoms with E-state index in [1.807, 2.05) is 31.2 Å². The summed E-state index contributed by atoms with van der Waals surface area (Å²) in [5.74, 6) is 0.582. The summed E-state index contributed by atoms with van der Waals surface area (Å²) >= 11 is 1.38. The van der Waals surface area contributed by atoms with Crippen LogP contribution < -0.4 is 10.6 Å². The Morgan fingerprint density at radius 1 is 1.19 bits per heavy atom. The van der Waals surface area contributed by atoms with Gasteiger partial charge in [-0.25, -0.2) is 9.78 Å². The van der Waals surface area contributed by atoms with Crippen LogP contribution in [0.2, 0.25) is 0 Å². The van der Waals surface area contributed by atoms with E-state index < -0.39 is 0 Å². The third-order valence-electron chi connectivity index (χ3n) is 3.80. The van der Waals surface area contributed by atoms with Crippen molar-refractivity contribution in [2.75, 3.05) is 11.9 Å². The first-order valence-electron chi connectivity index (χ1n) is 8.71. The summed E-state index contributed by atoms with van der Waals surface area (Å²) < 4.78 is 5.52. The van der Waals surface area contributed by atoms with Gasteiger partial charge in [-0.1, -0.05) is 49.8 Å². The number of anilines is 1. The van der Waals surface area contributed by atoms with Crippen LogP contribution in [0.4, 0.5) is 9.93 Å². The minimum absolute atomic E-state index is 0.0871. The molecule has 0 atom stereocenters. The standard InChI is InChI=1S/C19H23N5O2S/c1-12-5-7-13(8-6-12)15-21-14(11-26-15)9-10-20-17(25)22-18-24-23-16(27-18)19(2,3)4/h5-8,11H,9-10H2,1-4H3,(H2,20,22,24,25). The Kier molecular flexibility index (Phi) is 5.55. The molecular formula is C19H23N5O2S. The van der Waals surface area contributed by atoms with Crippen molar-refractivity contribution in [3.05, 3.63) is 46.8 Å². The van der Waals surface area contributed by atoms with Gasteiger partial charge in [-0.3, -0.25) is 5.32 Å². The van der Waals surface area contributed by atoms with Crippen molar-refractivity contribution in [1.82, 2.24) is 20.5 Å². The zero-order valence-electron chi connectivity index (χ0n) is 15.9. The van der Waals surface area contributed by atoms with E-state index in [0.29, 0.717) is 24.0 Å². The second-order valence-electron chi connectivity index (χ2n) is 7.30. The van der Waals surface area contributed by atoms with Crippen molar-refractivity contribution in [3.63, 3.8) is 0 Å². The van der Waals surface area contributed by atoms with Crippen LogP contribution >= 0.6 is 11.3 Å². The molecule has 0 fully saturated rings. The van der Waals surface area contributed by atoms with Crippen LogP contribution in [0.1, 0.15) is 37.0 Å². The van der Waals surface area contributed by atoms with Crippen LogP contribution in [-0.4, -0.2) is 27.8 Å². The molecule has 2 aromatic heterocycles. The molecule has 0 aliphatic carbocycles. The van der Waals surface area contributed by atoms with Crippen LogP contribution in [0.15, 0.2) is 34.9 Å². The van der Waals surface area contributed by atoms with Crippen molar-refractivity contribution in [2.24, 2.45) is 0 Å². The highest BCUT2D eigenvalue weighted by Gasteiger charge is 2.20. The van der Waals surface area contributed by atoms with Gasteiger partial charge in [0.15, 0.2) is 0 Å². The predicted molar refractivity (Wildman–Crippen MR) is 106 cm³/mol. The number of aromatic nitrogens is 3. The lowest BCUT2D eigenvalue weighted by Crippen LogP contribution is -2.30.